The van der Waals surface area contributed by atoms with E-state index in [1.165, 1.54) is 0 Å². The molecule has 0 fully saturated rings. The number of aliphatic imine (C=N–C) groups is 1. The molecule has 1 aromatic heterocycles. The van der Waals surface area contributed by atoms with E-state index in [9.17, 15) is 0 Å². The van der Waals surface area contributed by atoms with Crippen molar-refractivity contribution in [2.45, 2.75) is 26.8 Å². The van der Waals surface area contributed by atoms with E-state index in [4.69, 9.17) is 9.47 Å². The summed E-state index contributed by atoms with van der Waals surface area (Å²) >= 11 is 1.68. The number of aryl methyl sites for hydroxylation is 1. The molecule has 0 atom stereocenters. The first-order chi connectivity index (χ1) is 11.7. The van der Waals surface area contributed by atoms with E-state index in [0.717, 1.165) is 53.2 Å². The lowest BCUT2D eigenvalue weighted by Gasteiger charge is -2.10. The number of guanidine groups is 1. The first-order valence-corrected chi connectivity index (χ1v) is 8.94. The zero-order valence-electron chi connectivity index (χ0n) is 14.4. The van der Waals surface area contributed by atoms with Crippen LogP contribution in [0.25, 0.3) is 0 Å². The number of aromatic nitrogens is 1. The molecule has 0 spiro atoms. The molecule has 0 aliphatic carbocycles. The second-order valence-electron chi connectivity index (χ2n) is 5.42. The van der Waals surface area contributed by atoms with Crippen LogP contribution in [-0.2, 0) is 13.0 Å². The minimum absolute atomic E-state index is 0. The number of halogens is 1. The molecule has 1 aliphatic rings. The van der Waals surface area contributed by atoms with Crippen LogP contribution in [0.1, 0.15) is 23.2 Å². The summed E-state index contributed by atoms with van der Waals surface area (Å²) in [6.07, 6.45) is 0.888. The van der Waals surface area contributed by atoms with Crippen LogP contribution in [0.15, 0.2) is 28.6 Å². The average Bonchev–Trinajstić information content (AvgIpc) is 3.20. The highest BCUT2D eigenvalue weighted by atomic mass is 127. The Morgan fingerprint density at radius 1 is 1.28 bits per heavy atom. The number of benzene rings is 1. The molecule has 2 N–H and O–H groups in total. The SMILES string of the molecule is CCNC(=NCc1ccc2c(c1)OCO2)NCCc1csc(C)n1.I. The summed E-state index contributed by atoms with van der Waals surface area (Å²) in [6.45, 7) is 6.59. The minimum Gasteiger partial charge on any atom is -0.454 e. The number of fused-ring (bicyclic) bond motifs is 1. The first-order valence-electron chi connectivity index (χ1n) is 8.06. The van der Waals surface area contributed by atoms with Gasteiger partial charge in [-0.15, -0.1) is 35.3 Å². The number of nitrogens with one attached hydrogen (secondary N) is 2. The predicted octanol–water partition coefficient (Wildman–Crippen LogP) is 3.10. The molecule has 136 valence electrons. The maximum Gasteiger partial charge on any atom is 0.231 e. The van der Waals surface area contributed by atoms with Gasteiger partial charge in [0.05, 0.1) is 17.2 Å². The Hall–Kier alpha value is -1.55. The van der Waals surface area contributed by atoms with Crippen molar-refractivity contribution in [3.8, 4) is 11.5 Å². The van der Waals surface area contributed by atoms with Crippen molar-refractivity contribution >= 4 is 41.3 Å². The zero-order chi connectivity index (χ0) is 16.8. The van der Waals surface area contributed by atoms with Gasteiger partial charge in [-0.1, -0.05) is 6.07 Å². The standard InChI is InChI=1S/C17H22N4O2S.HI/c1-3-18-17(19-7-6-14-10-24-12(2)21-14)20-9-13-4-5-15-16(8-13)23-11-22-15;/h4-5,8,10H,3,6-7,9,11H2,1-2H3,(H2,18,19,20);1H. The molecular weight excluding hydrogens is 451 g/mol. The lowest BCUT2D eigenvalue weighted by atomic mass is 10.2. The van der Waals surface area contributed by atoms with Crippen LogP contribution in [0, 0.1) is 6.92 Å². The van der Waals surface area contributed by atoms with Gasteiger partial charge in [0.1, 0.15) is 0 Å². The van der Waals surface area contributed by atoms with Crippen molar-refractivity contribution in [2.24, 2.45) is 4.99 Å². The topological polar surface area (TPSA) is 67.8 Å². The third-order valence-corrected chi connectivity index (χ3v) is 4.36. The van der Waals surface area contributed by atoms with Crippen molar-refractivity contribution in [1.29, 1.82) is 0 Å². The monoisotopic (exact) mass is 474 g/mol. The summed E-state index contributed by atoms with van der Waals surface area (Å²) in [7, 11) is 0. The Bertz CT molecular complexity index is 720. The van der Waals surface area contributed by atoms with Gasteiger partial charge in [-0.25, -0.2) is 9.98 Å². The van der Waals surface area contributed by atoms with E-state index in [2.05, 4.69) is 32.9 Å². The van der Waals surface area contributed by atoms with Crippen LogP contribution < -0.4 is 20.1 Å². The summed E-state index contributed by atoms with van der Waals surface area (Å²) in [5, 5.41) is 9.82. The lowest BCUT2D eigenvalue weighted by molar-refractivity contribution is 0.174. The van der Waals surface area contributed by atoms with Crippen LogP contribution >= 0.6 is 35.3 Å². The largest absolute Gasteiger partial charge is 0.454 e. The van der Waals surface area contributed by atoms with Gasteiger partial charge in [0.25, 0.3) is 0 Å². The van der Waals surface area contributed by atoms with Gasteiger partial charge in [-0.3, -0.25) is 0 Å². The molecule has 6 nitrogen and oxygen atoms in total. The van der Waals surface area contributed by atoms with Crippen molar-refractivity contribution < 1.29 is 9.47 Å². The normalized spacial score (nSPS) is 12.6. The molecule has 25 heavy (non-hydrogen) atoms. The molecule has 0 saturated carbocycles. The van der Waals surface area contributed by atoms with Gasteiger partial charge in [0.15, 0.2) is 17.5 Å². The Labute approximate surface area is 169 Å². The van der Waals surface area contributed by atoms with Gasteiger partial charge >= 0.3 is 0 Å². The number of hydrogen-bond acceptors (Lipinski definition) is 5. The van der Waals surface area contributed by atoms with Gasteiger partial charge in [0.2, 0.25) is 6.79 Å². The highest BCUT2D eigenvalue weighted by molar-refractivity contribution is 14.0. The number of ether oxygens (including phenoxy) is 2. The fourth-order valence-corrected chi connectivity index (χ4v) is 3.03. The molecule has 2 aromatic rings. The third kappa shape index (κ3) is 5.74. The van der Waals surface area contributed by atoms with Gasteiger partial charge in [-0.2, -0.15) is 0 Å². The van der Waals surface area contributed by atoms with Crippen LogP contribution in [0.4, 0.5) is 0 Å². The Kier molecular flexibility index (Phi) is 7.76. The molecule has 0 saturated heterocycles. The summed E-state index contributed by atoms with van der Waals surface area (Å²) < 4.78 is 10.7. The number of nitrogens with zero attached hydrogens (tertiary/aromatic N) is 2. The van der Waals surface area contributed by atoms with Crippen molar-refractivity contribution in [3.63, 3.8) is 0 Å². The fourth-order valence-electron chi connectivity index (χ4n) is 2.38. The molecule has 0 unspecified atom stereocenters. The molecule has 3 rings (SSSR count). The number of hydrogen-bond donors (Lipinski definition) is 2. The number of rotatable bonds is 6. The van der Waals surface area contributed by atoms with Crippen molar-refractivity contribution in [3.05, 3.63) is 39.8 Å². The minimum atomic E-state index is 0. The maximum absolute atomic E-state index is 5.40. The van der Waals surface area contributed by atoms with Crippen LogP contribution in [0.2, 0.25) is 0 Å². The molecule has 8 heteroatoms. The van der Waals surface area contributed by atoms with Crippen molar-refractivity contribution in [1.82, 2.24) is 15.6 Å². The van der Waals surface area contributed by atoms with Gasteiger partial charge in [0, 0.05) is 24.9 Å². The fraction of sp³-hybridized carbons (Fsp3) is 0.412. The highest BCUT2D eigenvalue weighted by Crippen LogP contribution is 2.32. The maximum atomic E-state index is 5.40. The Morgan fingerprint density at radius 2 is 2.12 bits per heavy atom. The predicted molar refractivity (Wildman–Crippen MR) is 111 cm³/mol. The van der Waals surface area contributed by atoms with Crippen LogP contribution in [-0.4, -0.2) is 30.8 Å². The van der Waals surface area contributed by atoms with E-state index in [0.29, 0.717) is 13.3 Å². The zero-order valence-corrected chi connectivity index (χ0v) is 17.5. The van der Waals surface area contributed by atoms with Crippen LogP contribution in [0.5, 0.6) is 11.5 Å². The summed E-state index contributed by atoms with van der Waals surface area (Å²) in [6, 6.07) is 5.92. The molecule has 0 amide bonds. The third-order valence-electron chi connectivity index (χ3n) is 3.54. The first kappa shape index (κ1) is 19.8. The quantitative estimate of drug-likeness (QED) is 0.383. The van der Waals surface area contributed by atoms with E-state index >= 15 is 0 Å². The smallest absolute Gasteiger partial charge is 0.231 e. The van der Waals surface area contributed by atoms with Gasteiger partial charge in [-0.05, 0) is 31.5 Å². The second-order valence-corrected chi connectivity index (χ2v) is 6.48. The van der Waals surface area contributed by atoms with E-state index in [1.54, 1.807) is 11.3 Å². The molecule has 1 aliphatic heterocycles. The van der Waals surface area contributed by atoms with Crippen LogP contribution in [0.3, 0.4) is 0 Å². The highest BCUT2D eigenvalue weighted by Gasteiger charge is 2.12. The summed E-state index contributed by atoms with van der Waals surface area (Å²) in [4.78, 5) is 9.10. The molecule has 0 radical (unpaired) electrons. The Balaban J connectivity index is 0.00000225. The lowest BCUT2D eigenvalue weighted by Crippen LogP contribution is -2.38. The molecular formula is C17H23IN4O2S. The molecule has 0 bridgehead atoms. The molecule has 1 aromatic carbocycles. The van der Waals surface area contributed by atoms with Gasteiger partial charge < -0.3 is 20.1 Å². The average molecular weight is 474 g/mol. The Morgan fingerprint density at radius 3 is 2.88 bits per heavy atom. The van der Waals surface area contributed by atoms with E-state index in [1.807, 2.05) is 25.1 Å². The second kappa shape index (κ2) is 9.81. The molecule has 2 heterocycles. The van der Waals surface area contributed by atoms with E-state index < -0.39 is 0 Å². The summed E-state index contributed by atoms with van der Waals surface area (Å²) in [5.41, 5.74) is 2.21. The number of thiazole rings is 1. The van der Waals surface area contributed by atoms with Crippen molar-refractivity contribution in [2.75, 3.05) is 19.9 Å². The summed E-state index contributed by atoms with van der Waals surface area (Å²) in [5.74, 6) is 2.40. The van der Waals surface area contributed by atoms with E-state index in [-0.39, 0.29) is 24.0 Å².